The van der Waals surface area contributed by atoms with Gasteiger partial charge in [-0.05, 0) is 30.4 Å². The van der Waals surface area contributed by atoms with Crippen LogP contribution in [0.2, 0.25) is 0 Å². The second-order valence-electron chi connectivity index (χ2n) is 3.83. The molecule has 0 amide bonds. The highest BCUT2D eigenvalue weighted by Gasteiger charge is 2.05. The van der Waals surface area contributed by atoms with E-state index in [1.807, 2.05) is 0 Å². The molecule has 0 aliphatic heterocycles. The SMILES string of the molecule is CCC(C)CCc1ccc(O)cc1F. The lowest BCUT2D eigenvalue weighted by atomic mass is 9.99. The van der Waals surface area contributed by atoms with Gasteiger partial charge in [-0.25, -0.2) is 4.39 Å². The molecule has 0 radical (unpaired) electrons. The predicted molar refractivity (Wildman–Crippen MR) is 55.8 cm³/mol. The summed E-state index contributed by atoms with van der Waals surface area (Å²) in [5.74, 6) is 0.325. The van der Waals surface area contributed by atoms with Crippen LogP contribution in [-0.4, -0.2) is 5.11 Å². The average molecular weight is 196 g/mol. The van der Waals surface area contributed by atoms with Crippen molar-refractivity contribution in [2.45, 2.75) is 33.1 Å². The van der Waals surface area contributed by atoms with Crippen molar-refractivity contribution in [2.75, 3.05) is 0 Å². The molecule has 0 aromatic heterocycles. The molecule has 0 aliphatic carbocycles. The predicted octanol–water partition coefficient (Wildman–Crippen LogP) is 3.51. The molecule has 0 aliphatic rings. The van der Waals surface area contributed by atoms with E-state index in [1.54, 1.807) is 6.07 Å². The summed E-state index contributed by atoms with van der Waals surface area (Å²) in [6, 6.07) is 4.37. The number of hydrogen-bond donors (Lipinski definition) is 1. The Morgan fingerprint density at radius 1 is 1.43 bits per heavy atom. The largest absolute Gasteiger partial charge is 0.508 e. The lowest BCUT2D eigenvalue weighted by molar-refractivity contribution is 0.465. The summed E-state index contributed by atoms with van der Waals surface area (Å²) in [4.78, 5) is 0. The van der Waals surface area contributed by atoms with E-state index in [2.05, 4.69) is 13.8 Å². The van der Waals surface area contributed by atoms with Crippen LogP contribution < -0.4 is 0 Å². The van der Waals surface area contributed by atoms with Crippen molar-refractivity contribution in [3.8, 4) is 5.75 Å². The molecule has 14 heavy (non-hydrogen) atoms. The lowest BCUT2D eigenvalue weighted by Gasteiger charge is -2.08. The number of hydrogen-bond acceptors (Lipinski definition) is 1. The highest BCUT2D eigenvalue weighted by Crippen LogP contribution is 2.18. The van der Waals surface area contributed by atoms with Crippen molar-refractivity contribution in [1.82, 2.24) is 0 Å². The summed E-state index contributed by atoms with van der Waals surface area (Å²) < 4.78 is 13.2. The number of halogens is 1. The molecule has 78 valence electrons. The monoisotopic (exact) mass is 196 g/mol. The first kappa shape index (κ1) is 11.0. The van der Waals surface area contributed by atoms with E-state index in [4.69, 9.17) is 5.11 Å². The Bertz CT molecular complexity index is 296. The van der Waals surface area contributed by atoms with Crippen LogP contribution in [0.25, 0.3) is 0 Å². The zero-order chi connectivity index (χ0) is 10.6. The first-order valence-electron chi connectivity index (χ1n) is 5.11. The van der Waals surface area contributed by atoms with E-state index in [9.17, 15) is 4.39 Å². The second kappa shape index (κ2) is 4.99. The average Bonchev–Trinajstić information content (AvgIpc) is 2.16. The summed E-state index contributed by atoms with van der Waals surface area (Å²) in [7, 11) is 0. The van der Waals surface area contributed by atoms with E-state index in [0.29, 0.717) is 11.5 Å². The van der Waals surface area contributed by atoms with Gasteiger partial charge in [-0.1, -0.05) is 26.3 Å². The third-order valence-electron chi connectivity index (χ3n) is 2.64. The highest BCUT2D eigenvalue weighted by molar-refractivity contribution is 5.27. The molecule has 2 heteroatoms. The topological polar surface area (TPSA) is 20.2 Å². The molecule has 1 N–H and O–H groups in total. The Hall–Kier alpha value is -1.05. The molecular formula is C12H17FO. The minimum atomic E-state index is -0.298. The van der Waals surface area contributed by atoms with Crippen LogP contribution in [0.15, 0.2) is 18.2 Å². The standard InChI is InChI=1S/C12H17FO/c1-3-9(2)4-5-10-6-7-11(14)8-12(10)13/h6-9,14H,3-5H2,1-2H3. The fourth-order valence-electron chi connectivity index (χ4n) is 1.35. The van der Waals surface area contributed by atoms with Crippen molar-refractivity contribution in [3.05, 3.63) is 29.6 Å². The van der Waals surface area contributed by atoms with Gasteiger partial charge in [0.1, 0.15) is 11.6 Å². The third kappa shape index (κ3) is 3.02. The quantitative estimate of drug-likeness (QED) is 0.781. The van der Waals surface area contributed by atoms with Gasteiger partial charge in [-0.2, -0.15) is 0 Å². The summed E-state index contributed by atoms with van der Waals surface area (Å²) in [6.45, 7) is 4.30. The Labute approximate surface area is 84.6 Å². The fraction of sp³-hybridized carbons (Fsp3) is 0.500. The smallest absolute Gasteiger partial charge is 0.130 e. The third-order valence-corrected chi connectivity index (χ3v) is 2.64. The minimum absolute atomic E-state index is 0.00482. The van der Waals surface area contributed by atoms with Crippen LogP contribution in [0, 0.1) is 11.7 Å². The molecule has 0 saturated carbocycles. The van der Waals surface area contributed by atoms with E-state index in [0.717, 1.165) is 19.3 Å². The summed E-state index contributed by atoms with van der Waals surface area (Å²) in [5, 5.41) is 9.02. The first-order valence-corrected chi connectivity index (χ1v) is 5.11. The van der Waals surface area contributed by atoms with Gasteiger partial charge >= 0.3 is 0 Å². The van der Waals surface area contributed by atoms with Crippen LogP contribution in [0.3, 0.4) is 0 Å². The van der Waals surface area contributed by atoms with Crippen molar-refractivity contribution < 1.29 is 9.50 Å². The van der Waals surface area contributed by atoms with Crippen LogP contribution in [-0.2, 0) is 6.42 Å². The fourth-order valence-corrected chi connectivity index (χ4v) is 1.35. The van der Waals surface area contributed by atoms with Crippen LogP contribution >= 0.6 is 0 Å². The van der Waals surface area contributed by atoms with Gasteiger partial charge in [-0.3, -0.25) is 0 Å². The lowest BCUT2D eigenvalue weighted by Crippen LogP contribution is -1.97. The summed E-state index contributed by atoms with van der Waals surface area (Å²) >= 11 is 0. The Morgan fingerprint density at radius 2 is 2.14 bits per heavy atom. The zero-order valence-corrected chi connectivity index (χ0v) is 8.76. The Balaban J connectivity index is 2.59. The number of benzene rings is 1. The van der Waals surface area contributed by atoms with Crippen LogP contribution in [0.5, 0.6) is 5.75 Å². The maximum Gasteiger partial charge on any atom is 0.130 e. The number of phenolic OH excluding ortho intramolecular Hbond substituents is 1. The summed E-state index contributed by atoms with van der Waals surface area (Å²) in [5.41, 5.74) is 0.697. The Morgan fingerprint density at radius 3 is 2.71 bits per heavy atom. The minimum Gasteiger partial charge on any atom is -0.508 e. The van der Waals surface area contributed by atoms with Gasteiger partial charge in [-0.15, -0.1) is 0 Å². The van der Waals surface area contributed by atoms with Gasteiger partial charge in [0.15, 0.2) is 0 Å². The van der Waals surface area contributed by atoms with Gasteiger partial charge in [0.2, 0.25) is 0 Å². The molecule has 0 heterocycles. The molecule has 0 saturated heterocycles. The van der Waals surface area contributed by atoms with Gasteiger partial charge in [0, 0.05) is 6.07 Å². The molecule has 1 rings (SSSR count). The number of rotatable bonds is 4. The molecule has 1 aromatic rings. The van der Waals surface area contributed by atoms with Gasteiger partial charge in [0.25, 0.3) is 0 Å². The number of aryl methyl sites for hydroxylation is 1. The van der Waals surface area contributed by atoms with Crippen molar-refractivity contribution in [2.24, 2.45) is 5.92 Å². The van der Waals surface area contributed by atoms with Crippen molar-refractivity contribution in [3.63, 3.8) is 0 Å². The molecule has 1 aromatic carbocycles. The van der Waals surface area contributed by atoms with Gasteiger partial charge < -0.3 is 5.11 Å². The molecule has 1 atom stereocenters. The van der Waals surface area contributed by atoms with Crippen LogP contribution in [0.4, 0.5) is 4.39 Å². The van der Waals surface area contributed by atoms with E-state index < -0.39 is 0 Å². The van der Waals surface area contributed by atoms with E-state index in [1.165, 1.54) is 12.1 Å². The molecular weight excluding hydrogens is 179 g/mol. The zero-order valence-electron chi connectivity index (χ0n) is 8.76. The first-order chi connectivity index (χ1) is 6.63. The van der Waals surface area contributed by atoms with Crippen molar-refractivity contribution >= 4 is 0 Å². The molecule has 0 fully saturated rings. The number of phenols is 1. The van der Waals surface area contributed by atoms with Crippen LogP contribution in [0.1, 0.15) is 32.3 Å². The maximum atomic E-state index is 13.2. The molecule has 0 spiro atoms. The summed E-state index contributed by atoms with van der Waals surface area (Å²) in [6.07, 6.45) is 2.87. The van der Waals surface area contributed by atoms with E-state index >= 15 is 0 Å². The normalized spacial score (nSPS) is 12.8. The second-order valence-corrected chi connectivity index (χ2v) is 3.83. The Kier molecular flexibility index (Phi) is 3.93. The molecule has 1 nitrogen and oxygen atoms in total. The molecule has 0 bridgehead atoms. The van der Waals surface area contributed by atoms with Gasteiger partial charge in [0.05, 0.1) is 0 Å². The highest BCUT2D eigenvalue weighted by atomic mass is 19.1. The van der Waals surface area contributed by atoms with E-state index in [-0.39, 0.29) is 11.6 Å². The maximum absolute atomic E-state index is 13.2. The number of aromatic hydroxyl groups is 1. The van der Waals surface area contributed by atoms with Crippen molar-refractivity contribution in [1.29, 1.82) is 0 Å². The molecule has 1 unspecified atom stereocenters.